The van der Waals surface area contributed by atoms with Crippen LogP contribution in [-0.4, -0.2) is 44.9 Å². The number of nitrogens with one attached hydrogen (secondary N) is 1. The van der Waals surface area contributed by atoms with Gasteiger partial charge in [0.1, 0.15) is 17.3 Å². The summed E-state index contributed by atoms with van der Waals surface area (Å²) in [6.45, 7) is 1.86. The van der Waals surface area contributed by atoms with Crippen molar-refractivity contribution in [3.63, 3.8) is 0 Å². The first kappa shape index (κ1) is 19.8. The standard InChI is InChI=1S/C21H18N6O4S/c1-12-24-16-8-7-14(10-17(16)25-12)26-21(22)15(11-23-26)20(28)19-9-13-5-3-4-6-18(13)27(19)31-32(2,29)30/h3-11H,22H2,1-2H3,(H,24,25). The van der Waals surface area contributed by atoms with Crippen LogP contribution >= 0.6 is 0 Å². The number of nitrogen functional groups attached to an aromatic ring is 1. The van der Waals surface area contributed by atoms with E-state index in [1.165, 1.54) is 10.9 Å². The number of hydrogen-bond donors (Lipinski definition) is 2. The van der Waals surface area contributed by atoms with Crippen LogP contribution in [0.25, 0.3) is 27.6 Å². The van der Waals surface area contributed by atoms with Gasteiger partial charge in [0.25, 0.3) is 0 Å². The number of carbonyl (C=O) groups is 1. The fourth-order valence-corrected chi connectivity index (χ4v) is 4.07. The Kier molecular flexibility index (Phi) is 4.31. The fraction of sp³-hybridized carbons (Fsp3) is 0.0952. The Balaban J connectivity index is 1.60. The number of hydrogen-bond acceptors (Lipinski definition) is 7. The van der Waals surface area contributed by atoms with E-state index < -0.39 is 15.9 Å². The molecule has 3 heterocycles. The zero-order valence-corrected chi connectivity index (χ0v) is 17.9. The Morgan fingerprint density at radius 1 is 1.16 bits per heavy atom. The third kappa shape index (κ3) is 3.28. The molecule has 0 aliphatic rings. The van der Waals surface area contributed by atoms with Crippen LogP contribution in [0, 0.1) is 6.92 Å². The summed E-state index contributed by atoms with van der Waals surface area (Å²) >= 11 is 0. The largest absolute Gasteiger partial charge is 0.383 e. The third-order valence-electron chi connectivity index (χ3n) is 4.99. The molecular weight excluding hydrogens is 432 g/mol. The Morgan fingerprint density at radius 3 is 2.72 bits per heavy atom. The number of fused-ring (bicyclic) bond motifs is 2. The van der Waals surface area contributed by atoms with E-state index in [1.807, 2.05) is 19.1 Å². The third-order valence-corrected chi connectivity index (χ3v) is 5.41. The van der Waals surface area contributed by atoms with Crippen LogP contribution < -0.4 is 10.0 Å². The predicted octanol–water partition coefficient (Wildman–Crippen LogP) is 2.21. The second-order valence-electron chi connectivity index (χ2n) is 7.37. The molecule has 0 radical (unpaired) electrons. The van der Waals surface area contributed by atoms with Crippen LogP contribution in [0.15, 0.2) is 54.7 Å². The van der Waals surface area contributed by atoms with Crippen LogP contribution in [0.2, 0.25) is 0 Å². The summed E-state index contributed by atoms with van der Waals surface area (Å²) in [5, 5.41) is 4.92. The van der Waals surface area contributed by atoms with Gasteiger partial charge in [0, 0.05) is 5.39 Å². The van der Waals surface area contributed by atoms with Gasteiger partial charge in [-0.2, -0.15) is 18.2 Å². The number of nitrogens with zero attached hydrogens (tertiary/aromatic N) is 4. The summed E-state index contributed by atoms with van der Waals surface area (Å²) in [4.78, 5) is 20.9. The lowest BCUT2D eigenvalue weighted by molar-refractivity contribution is 0.101. The van der Waals surface area contributed by atoms with Gasteiger partial charge in [-0.1, -0.05) is 18.2 Å². The molecule has 11 heteroatoms. The normalized spacial score (nSPS) is 11.9. The molecule has 3 aromatic heterocycles. The van der Waals surface area contributed by atoms with Gasteiger partial charge in [0.15, 0.2) is 0 Å². The average molecular weight is 450 g/mol. The van der Waals surface area contributed by atoms with Gasteiger partial charge in [0.2, 0.25) is 5.78 Å². The molecule has 0 amide bonds. The molecule has 0 atom stereocenters. The average Bonchev–Trinajstić information content (AvgIpc) is 3.40. The van der Waals surface area contributed by atoms with Crippen LogP contribution in [0.5, 0.6) is 0 Å². The molecule has 162 valence electrons. The highest BCUT2D eigenvalue weighted by Crippen LogP contribution is 2.26. The molecule has 0 aliphatic heterocycles. The minimum Gasteiger partial charge on any atom is -0.383 e. The molecule has 0 saturated carbocycles. The van der Waals surface area contributed by atoms with Crippen molar-refractivity contribution in [3.8, 4) is 5.69 Å². The maximum absolute atomic E-state index is 13.4. The lowest BCUT2D eigenvalue weighted by Gasteiger charge is -2.09. The maximum Gasteiger partial charge on any atom is 0.324 e. The summed E-state index contributed by atoms with van der Waals surface area (Å²) in [6, 6.07) is 13.9. The number of nitrogens with two attached hydrogens (primary N) is 1. The number of anilines is 1. The van der Waals surface area contributed by atoms with Crippen molar-refractivity contribution in [1.29, 1.82) is 0 Å². The van der Waals surface area contributed by atoms with Crippen molar-refractivity contribution in [3.05, 3.63) is 71.8 Å². The van der Waals surface area contributed by atoms with Gasteiger partial charge in [-0.25, -0.2) is 9.67 Å². The highest BCUT2D eigenvalue weighted by molar-refractivity contribution is 7.86. The molecule has 0 bridgehead atoms. The zero-order valence-electron chi connectivity index (χ0n) is 17.1. The molecule has 5 aromatic rings. The molecule has 32 heavy (non-hydrogen) atoms. The van der Waals surface area contributed by atoms with Crippen molar-refractivity contribution < 1.29 is 17.5 Å². The summed E-state index contributed by atoms with van der Waals surface area (Å²) in [6.07, 6.45) is 2.26. The molecule has 0 unspecified atom stereocenters. The highest BCUT2D eigenvalue weighted by atomic mass is 32.2. The number of imidazole rings is 1. The fourth-order valence-electron chi connectivity index (χ4n) is 3.64. The molecule has 0 saturated heterocycles. The Bertz CT molecular complexity index is 1630. The van der Waals surface area contributed by atoms with E-state index in [0.717, 1.165) is 27.8 Å². The van der Waals surface area contributed by atoms with E-state index >= 15 is 0 Å². The quantitative estimate of drug-likeness (QED) is 0.392. The van der Waals surface area contributed by atoms with Crippen LogP contribution in [0.1, 0.15) is 21.9 Å². The summed E-state index contributed by atoms with van der Waals surface area (Å²) in [5.74, 6) is 0.369. The van der Waals surface area contributed by atoms with Gasteiger partial charge < -0.3 is 10.7 Å². The molecule has 3 N–H and O–H groups in total. The summed E-state index contributed by atoms with van der Waals surface area (Å²) in [5.41, 5.74) is 9.11. The van der Waals surface area contributed by atoms with Gasteiger partial charge in [0.05, 0.1) is 40.3 Å². The second kappa shape index (κ2) is 6.95. The molecule has 10 nitrogen and oxygen atoms in total. The highest BCUT2D eigenvalue weighted by Gasteiger charge is 2.25. The number of para-hydroxylation sites is 1. The number of carbonyl (C=O) groups excluding carboxylic acids is 1. The number of rotatable bonds is 5. The minimum absolute atomic E-state index is 0.0162. The van der Waals surface area contributed by atoms with Gasteiger partial charge in [-0.3, -0.25) is 9.08 Å². The first-order valence-corrected chi connectivity index (χ1v) is 11.4. The molecular formula is C21H18N6O4S. The van der Waals surface area contributed by atoms with Crippen LogP contribution in [-0.2, 0) is 10.1 Å². The van der Waals surface area contributed by atoms with Gasteiger partial charge >= 0.3 is 10.1 Å². The lowest BCUT2D eigenvalue weighted by Crippen LogP contribution is -2.23. The van der Waals surface area contributed by atoms with Crippen molar-refractivity contribution in [1.82, 2.24) is 24.5 Å². The lowest BCUT2D eigenvalue weighted by atomic mass is 10.1. The molecule has 0 spiro atoms. The topological polar surface area (TPSA) is 138 Å². The Labute approximate surface area is 182 Å². The number of H-pyrrole nitrogens is 1. The van der Waals surface area contributed by atoms with Crippen molar-refractivity contribution in [2.45, 2.75) is 6.92 Å². The molecule has 0 aliphatic carbocycles. The van der Waals surface area contributed by atoms with Crippen LogP contribution in [0.3, 0.4) is 0 Å². The van der Waals surface area contributed by atoms with E-state index in [9.17, 15) is 13.2 Å². The van der Waals surface area contributed by atoms with Crippen molar-refractivity contribution in [2.75, 3.05) is 12.0 Å². The first-order chi connectivity index (χ1) is 15.2. The summed E-state index contributed by atoms with van der Waals surface area (Å²) < 4.78 is 31.2. The van der Waals surface area contributed by atoms with Crippen LogP contribution in [0.4, 0.5) is 5.82 Å². The maximum atomic E-state index is 13.4. The Morgan fingerprint density at radius 2 is 1.94 bits per heavy atom. The number of aromatic nitrogens is 5. The van der Waals surface area contributed by atoms with Gasteiger partial charge in [-0.05, 0) is 37.3 Å². The monoisotopic (exact) mass is 450 g/mol. The van der Waals surface area contributed by atoms with E-state index in [2.05, 4.69) is 15.1 Å². The second-order valence-corrected chi connectivity index (χ2v) is 8.93. The van der Waals surface area contributed by atoms with Crippen molar-refractivity contribution in [2.24, 2.45) is 0 Å². The van der Waals surface area contributed by atoms with E-state index in [4.69, 9.17) is 10.0 Å². The molecule has 2 aromatic carbocycles. The first-order valence-electron chi connectivity index (χ1n) is 9.56. The molecule has 0 fully saturated rings. The number of aryl methyl sites for hydroxylation is 1. The number of aromatic amines is 1. The van der Waals surface area contributed by atoms with Crippen molar-refractivity contribution >= 4 is 43.7 Å². The number of benzene rings is 2. The number of ketones is 1. The minimum atomic E-state index is -3.89. The smallest absolute Gasteiger partial charge is 0.324 e. The Hall–Kier alpha value is -4.12. The molecule has 5 rings (SSSR count). The van der Waals surface area contributed by atoms with Gasteiger partial charge in [-0.15, -0.1) is 0 Å². The predicted molar refractivity (Wildman–Crippen MR) is 119 cm³/mol. The van der Waals surface area contributed by atoms with E-state index in [-0.39, 0.29) is 17.1 Å². The van der Waals surface area contributed by atoms with E-state index in [1.54, 1.807) is 36.4 Å². The SMILES string of the molecule is Cc1nc2ccc(-n3ncc(C(=O)c4cc5ccccc5n4OS(C)(=O)=O)c3N)cc2[nH]1. The zero-order chi connectivity index (χ0) is 22.6. The van der Waals surface area contributed by atoms with E-state index in [0.29, 0.717) is 16.6 Å². The summed E-state index contributed by atoms with van der Waals surface area (Å²) in [7, 11) is -3.89.